The molecule has 11 nitrogen and oxygen atoms in total. The fraction of sp³-hybridized carbons (Fsp3) is 0.200. The van der Waals surface area contributed by atoms with Crippen molar-refractivity contribution in [1.82, 2.24) is 39.8 Å². The monoisotopic (exact) mass is 483 g/mol. The lowest BCUT2D eigenvalue weighted by Crippen LogP contribution is -2.16. The molecule has 0 aliphatic carbocycles. The van der Waals surface area contributed by atoms with Gasteiger partial charge in [0.2, 0.25) is 5.82 Å². The number of anilines is 1. The summed E-state index contributed by atoms with van der Waals surface area (Å²) in [5.41, 5.74) is 4.45. The second-order valence-corrected chi connectivity index (χ2v) is 8.24. The number of hydrogen-bond acceptors (Lipinski definition) is 7. The van der Waals surface area contributed by atoms with Gasteiger partial charge in [0.05, 0.1) is 30.7 Å². The van der Waals surface area contributed by atoms with Crippen molar-refractivity contribution in [2.75, 3.05) is 12.4 Å². The smallest absolute Gasteiger partial charge is 0.276 e. The number of benzene rings is 2. The largest absolute Gasteiger partial charge is 0.497 e. The topological polar surface area (TPSA) is 118 Å². The van der Waals surface area contributed by atoms with Gasteiger partial charge in [0.1, 0.15) is 5.75 Å². The molecule has 5 aromatic rings. The molecule has 11 heteroatoms. The highest BCUT2D eigenvalue weighted by Crippen LogP contribution is 2.22. The minimum atomic E-state index is -0.322. The molecule has 0 spiro atoms. The maximum Gasteiger partial charge on any atom is 0.276 e. The summed E-state index contributed by atoms with van der Waals surface area (Å²) in [6, 6.07) is 19.1. The lowest BCUT2D eigenvalue weighted by Gasteiger charge is -2.08. The maximum atomic E-state index is 12.9. The Kier molecular flexibility index (Phi) is 6.27. The van der Waals surface area contributed by atoms with Crippen molar-refractivity contribution < 1.29 is 9.53 Å². The number of nitrogens with zero attached hydrogens (tertiary/aromatic N) is 8. The third-order valence-electron chi connectivity index (χ3n) is 5.72. The van der Waals surface area contributed by atoms with Gasteiger partial charge in [0.15, 0.2) is 12.4 Å². The van der Waals surface area contributed by atoms with Crippen molar-refractivity contribution in [3.63, 3.8) is 0 Å². The van der Waals surface area contributed by atoms with E-state index in [0.717, 1.165) is 28.3 Å². The normalized spacial score (nSPS) is 11.0. The van der Waals surface area contributed by atoms with Crippen LogP contribution < -0.4 is 10.1 Å². The first-order valence-corrected chi connectivity index (χ1v) is 11.3. The first kappa shape index (κ1) is 23.0. The van der Waals surface area contributed by atoms with Crippen LogP contribution in [-0.2, 0) is 13.2 Å². The Balaban J connectivity index is 1.26. The van der Waals surface area contributed by atoms with Crippen LogP contribution in [0.2, 0.25) is 0 Å². The SMILES string of the molecule is COc1cccc(Cn2nc(C)c(NC(=O)c3ccn(Cn4nnc(-c5ccccc5)n4)n3)c2C)c1. The Morgan fingerprint density at radius 3 is 2.64 bits per heavy atom. The van der Waals surface area contributed by atoms with Crippen LogP contribution in [0, 0.1) is 13.8 Å². The number of amides is 1. The summed E-state index contributed by atoms with van der Waals surface area (Å²) in [4.78, 5) is 14.4. The Morgan fingerprint density at radius 2 is 1.83 bits per heavy atom. The van der Waals surface area contributed by atoms with Gasteiger partial charge in [-0.05, 0) is 42.8 Å². The van der Waals surface area contributed by atoms with E-state index in [1.807, 2.05) is 73.1 Å². The van der Waals surface area contributed by atoms with Gasteiger partial charge in [-0.15, -0.1) is 15.0 Å². The molecule has 3 aromatic heterocycles. The van der Waals surface area contributed by atoms with E-state index in [9.17, 15) is 4.79 Å². The number of methoxy groups -OCH3 is 1. The molecule has 2 aromatic carbocycles. The van der Waals surface area contributed by atoms with E-state index in [1.165, 1.54) is 4.80 Å². The molecule has 3 heterocycles. The number of nitrogens with one attached hydrogen (secondary N) is 1. The zero-order valence-corrected chi connectivity index (χ0v) is 20.2. The highest BCUT2D eigenvalue weighted by atomic mass is 16.5. The van der Waals surface area contributed by atoms with Crippen LogP contribution >= 0.6 is 0 Å². The highest BCUT2D eigenvalue weighted by molar-refractivity contribution is 6.03. The number of aromatic nitrogens is 8. The Bertz CT molecular complexity index is 1500. The summed E-state index contributed by atoms with van der Waals surface area (Å²) in [6.07, 6.45) is 1.70. The average molecular weight is 484 g/mol. The lowest BCUT2D eigenvalue weighted by molar-refractivity contribution is 0.102. The predicted octanol–water partition coefficient (Wildman–Crippen LogP) is 3.16. The van der Waals surface area contributed by atoms with Gasteiger partial charge in [0, 0.05) is 11.8 Å². The van der Waals surface area contributed by atoms with Crippen molar-refractivity contribution in [2.24, 2.45) is 0 Å². The van der Waals surface area contributed by atoms with E-state index in [4.69, 9.17) is 4.74 Å². The first-order chi connectivity index (χ1) is 17.5. The van der Waals surface area contributed by atoms with Gasteiger partial charge < -0.3 is 10.1 Å². The summed E-state index contributed by atoms with van der Waals surface area (Å²) < 4.78 is 8.75. The molecular formula is C25H25N9O2. The molecule has 0 radical (unpaired) electrons. The van der Waals surface area contributed by atoms with E-state index >= 15 is 0 Å². The van der Waals surface area contributed by atoms with Crippen LogP contribution in [0.4, 0.5) is 5.69 Å². The van der Waals surface area contributed by atoms with Crippen LogP contribution in [-0.4, -0.2) is 52.8 Å². The molecular weight excluding hydrogens is 458 g/mol. The molecule has 1 amide bonds. The summed E-state index contributed by atoms with van der Waals surface area (Å²) in [6.45, 7) is 4.58. The number of carbonyl (C=O) groups excluding carboxylic acids is 1. The number of carbonyl (C=O) groups is 1. The zero-order chi connectivity index (χ0) is 25.1. The van der Waals surface area contributed by atoms with Gasteiger partial charge in [-0.2, -0.15) is 10.2 Å². The molecule has 0 saturated carbocycles. The standard InChI is InChI=1S/C25H25N9O2/c1-17-23(18(2)33(28-17)15-19-8-7-11-21(14-19)36-3)26-25(35)22-12-13-32(29-22)16-34-30-24(27-31-34)20-9-5-4-6-10-20/h4-14H,15-16H2,1-3H3,(H,26,35). The van der Waals surface area contributed by atoms with Gasteiger partial charge in [-0.1, -0.05) is 42.5 Å². The maximum absolute atomic E-state index is 12.9. The van der Waals surface area contributed by atoms with Crippen LogP contribution in [0.3, 0.4) is 0 Å². The predicted molar refractivity (Wildman–Crippen MR) is 133 cm³/mol. The second-order valence-electron chi connectivity index (χ2n) is 8.24. The second kappa shape index (κ2) is 9.82. The van der Waals surface area contributed by atoms with E-state index in [0.29, 0.717) is 18.1 Å². The Labute approximate surface area is 207 Å². The van der Waals surface area contributed by atoms with Gasteiger partial charge in [-0.25, -0.2) is 4.68 Å². The van der Waals surface area contributed by atoms with Crippen LogP contribution in [0.25, 0.3) is 11.4 Å². The fourth-order valence-corrected chi connectivity index (χ4v) is 3.85. The molecule has 0 aliphatic rings. The van der Waals surface area contributed by atoms with Crippen molar-refractivity contribution in [2.45, 2.75) is 27.1 Å². The first-order valence-electron chi connectivity index (χ1n) is 11.3. The Hall–Kier alpha value is -4.80. The third-order valence-corrected chi connectivity index (χ3v) is 5.72. The molecule has 0 aliphatic heterocycles. The summed E-state index contributed by atoms with van der Waals surface area (Å²) in [5, 5.41) is 24.5. The molecule has 0 bridgehead atoms. The quantitative estimate of drug-likeness (QED) is 0.360. The minimum Gasteiger partial charge on any atom is -0.497 e. The summed E-state index contributed by atoms with van der Waals surface area (Å²) in [7, 11) is 1.64. The van der Waals surface area contributed by atoms with Crippen molar-refractivity contribution in [1.29, 1.82) is 0 Å². The zero-order valence-electron chi connectivity index (χ0n) is 20.2. The molecule has 36 heavy (non-hydrogen) atoms. The van der Waals surface area contributed by atoms with E-state index in [1.54, 1.807) is 24.1 Å². The molecule has 0 unspecified atom stereocenters. The molecule has 182 valence electrons. The highest BCUT2D eigenvalue weighted by Gasteiger charge is 2.17. The summed E-state index contributed by atoms with van der Waals surface area (Å²) in [5.74, 6) is 0.991. The van der Waals surface area contributed by atoms with E-state index < -0.39 is 0 Å². The van der Waals surface area contributed by atoms with Crippen molar-refractivity contribution in [3.8, 4) is 17.1 Å². The third kappa shape index (κ3) is 4.85. The van der Waals surface area contributed by atoms with E-state index in [-0.39, 0.29) is 18.3 Å². The Morgan fingerprint density at radius 1 is 1.00 bits per heavy atom. The van der Waals surface area contributed by atoms with Crippen LogP contribution in [0.15, 0.2) is 66.9 Å². The minimum absolute atomic E-state index is 0.226. The van der Waals surface area contributed by atoms with Crippen molar-refractivity contribution in [3.05, 3.63) is 89.5 Å². The van der Waals surface area contributed by atoms with Gasteiger partial charge >= 0.3 is 0 Å². The molecule has 0 saturated heterocycles. The molecule has 0 fully saturated rings. The molecule has 5 rings (SSSR count). The number of rotatable bonds is 8. The number of hydrogen-bond donors (Lipinski definition) is 1. The average Bonchev–Trinajstić information content (AvgIpc) is 3.62. The van der Waals surface area contributed by atoms with Crippen LogP contribution in [0.1, 0.15) is 27.4 Å². The fourth-order valence-electron chi connectivity index (χ4n) is 3.85. The summed E-state index contributed by atoms with van der Waals surface area (Å²) >= 11 is 0. The lowest BCUT2D eigenvalue weighted by atomic mass is 10.2. The van der Waals surface area contributed by atoms with E-state index in [2.05, 4.69) is 30.9 Å². The van der Waals surface area contributed by atoms with Gasteiger partial charge in [0.25, 0.3) is 5.91 Å². The molecule has 1 N–H and O–H groups in total. The number of aryl methyl sites for hydroxylation is 1. The van der Waals surface area contributed by atoms with Gasteiger partial charge in [-0.3, -0.25) is 9.48 Å². The number of tetrazole rings is 1. The number of ether oxygens (including phenoxy) is 1. The molecule has 0 atom stereocenters. The van der Waals surface area contributed by atoms with Crippen molar-refractivity contribution >= 4 is 11.6 Å². The van der Waals surface area contributed by atoms with Crippen LogP contribution in [0.5, 0.6) is 5.75 Å².